The molecule has 2 aromatic carbocycles. The fourth-order valence-corrected chi connectivity index (χ4v) is 3.82. The molecule has 35 heavy (non-hydrogen) atoms. The lowest BCUT2D eigenvalue weighted by Gasteiger charge is -2.22. The SMILES string of the molecule is N#CC(=Cc1cccc(OCCCN[C@@H](Cc2ccccc2)B(O)O)c1)C(=O)NC1CCOCC1. The van der Waals surface area contributed by atoms with Crippen molar-refractivity contribution in [3.63, 3.8) is 0 Å². The third-order valence-corrected chi connectivity index (χ3v) is 5.75. The van der Waals surface area contributed by atoms with E-state index in [1.165, 1.54) is 0 Å². The van der Waals surface area contributed by atoms with E-state index in [0.29, 0.717) is 50.5 Å². The average molecular weight is 477 g/mol. The van der Waals surface area contributed by atoms with Crippen LogP contribution >= 0.6 is 0 Å². The van der Waals surface area contributed by atoms with E-state index in [2.05, 4.69) is 10.6 Å². The van der Waals surface area contributed by atoms with Gasteiger partial charge in [0.15, 0.2) is 0 Å². The molecule has 184 valence electrons. The van der Waals surface area contributed by atoms with Gasteiger partial charge in [-0.15, -0.1) is 0 Å². The molecule has 1 heterocycles. The third kappa shape index (κ3) is 9.19. The molecule has 9 heteroatoms. The largest absolute Gasteiger partial charge is 0.494 e. The standard InChI is InChI=1S/C26H32BN3O5/c28-19-22(26(31)30-23-10-14-34-15-11-23)16-21-8-4-9-24(17-21)35-13-5-12-29-25(27(32)33)18-20-6-2-1-3-7-20/h1-4,6-9,16-17,23,25,29,32-33H,5,10-15,18H2,(H,30,31)/t25-/m0/s1. The summed E-state index contributed by atoms with van der Waals surface area (Å²) in [6.45, 7) is 2.20. The highest BCUT2D eigenvalue weighted by atomic mass is 16.5. The molecule has 1 amide bonds. The van der Waals surface area contributed by atoms with Crippen LogP contribution in [0.5, 0.6) is 5.75 Å². The molecule has 8 nitrogen and oxygen atoms in total. The second-order valence-corrected chi connectivity index (χ2v) is 8.47. The van der Waals surface area contributed by atoms with Gasteiger partial charge in [-0.25, -0.2) is 0 Å². The van der Waals surface area contributed by atoms with Crippen molar-refractivity contribution in [3.05, 3.63) is 71.3 Å². The zero-order valence-corrected chi connectivity index (χ0v) is 19.7. The number of rotatable bonds is 12. The zero-order chi connectivity index (χ0) is 24.9. The van der Waals surface area contributed by atoms with Crippen LogP contribution in [-0.2, 0) is 16.0 Å². The second-order valence-electron chi connectivity index (χ2n) is 8.47. The van der Waals surface area contributed by atoms with Crippen molar-refractivity contribution >= 4 is 19.1 Å². The molecular formula is C26H32BN3O5. The number of benzene rings is 2. The maximum absolute atomic E-state index is 12.5. The van der Waals surface area contributed by atoms with Gasteiger partial charge in [0.25, 0.3) is 5.91 Å². The maximum Gasteiger partial charge on any atom is 0.469 e. The fourth-order valence-electron chi connectivity index (χ4n) is 3.82. The van der Waals surface area contributed by atoms with Crippen LogP contribution in [-0.4, -0.2) is 61.4 Å². The lowest BCUT2D eigenvalue weighted by atomic mass is 9.76. The Morgan fingerprint density at radius 1 is 1.20 bits per heavy atom. The Morgan fingerprint density at radius 2 is 1.97 bits per heavy atom. The summed E-state index contributed by atoms with van der Waals surface area (Å²) in [5, 5.41) is 34.8. The van der Waals surface area contributed by atoms with Crippen LogP contribution in [0.1, 0.15) is 30.4 Å². The molecule has 1 atom stereocenters. The quantitative estimate of drug-likeness (QED) is 0.159. The van der Waals surface area contributed by atoms with E-state index in [1.807, 2.05) is 54.6 Å². The molecule has 0 radical (unpaired) electrons. The summed E-state index contributed by atoms with van der Waals surface area (Å²) in [5.41, 5.74) is 1.77. The molecule has 3 rings (SSSR count). The van der Waals surface area contributed by atoms with Gasteiger partial charge in [-0.2, -0.15) is 5.26 Å². The van der Waals surface area contributed by atoms with E-state index in [0.717, 1.165) is 18.4 Å². The van der Waals surface area contributed by atoms with Crippen LogP contribution in [0.2, 0.25) is 0 Å². The number of nitriles is 1. The molecule has 1 aliphatic heterocycles. The summed E-state index contributed by atoms with van der Waals surface area (Å²) in [7, 11) is -1.46. The maximum atomic E-state index is 12.5. The highest BCUT2D eigenvalue weighted by molar-refractivity contribution is 6.43. The number of amides is 1. The highest BCUT2D eigenvalue weighted by Crippen LogP contribution is 2.17. The minimum absolute atomic E-state index is 0.0236. The molecule has 2 aromatic rings. The molecule has 4 N–H and O–H groups in total. The van der Waals surface area contributed by atoms with E-state index < -0.39 is 13.1 Å². The van der Waals surface area contributed by atoms with E-state index >= 15 is 0 Å². The molecule has 0 saturated carbocycles. The third-order valence-electron chi connectivity index (χ3n) is 5.75. The van der Waals surface area contributed by atoms with E-state index in [9.17, 15) is 20.1 Å². The highest BCUT2D eigenvalue weighted by Gasteiger charge is 2.23. The number of ether oxygens (including phenoxy) is 2. The van der Waals surface area contributed by atoms with Crippen LogP contribution < -0.4 is 15.4 Å². The molecular weight excluding hydrogens is 445 g/mol. The van der Waals surface area contributed by atoms with Crippen molar-refractivity contribution in [2.24, 2.45) is 0 Å². The summed E-state index contributed by atoms with van der Waals surface area (Å²) in [4.78, 5) is 12.5. The first-order valence-corrected chi connectivity index (χ1v) is 11.9. The van der Waals surface area contributed by atoms with Crippen molar-refractivity contribution in [3.8, 4) is 11.8 Å². The first-order chi connectivity index (χ1) is 17.0. The topological polar surface area (TPSA) is 124 Å². The lowest BCUT2D eigenvalue weighted by molar-refractivity contribution is -0.118. The van der Waals surface area contributed by atoms with Crippen molar-refractivity contribution in [2.75, 3.05) is 26.4 Å². The van der Waals surface area contributed by atoms with Gasteiger partial charge in [-0.3, -0.25) is 4.79 Å². The van der Waals surface area contributed by atoms with Crippen molar-refractivity contribution < 1.29 is 24.3 Å². The van der Waals surface area contributed by atoms with E-state index in [-0.39, 0.29) is 17.5 Å². The summed E-state index contributed by atoms with van der Waals surface area (Å²) in [6, 6.07) is 18.9. The Bertz CT molecular complexity index is 1000. The van der Waals surface area contributed by atoms with Crippen molar-refractivity contribution in [2.45, 2.75) is 37.7 Å². The average Bonchev–Trinajstić information content (AvgIpc) is 2.87. The molecule has 0 aromatic heterocycles. The first-order valence-electron chi connectivity index (χ1n) is 11.9. The van der Waals surface area contributed by atoms with Gasteiger partial charge < -0.3 is 30.2 Å². The lowest BCUT2D eigenvalue weighted by Crippen LogP contribution is -2.45. The summed E-state index contributed by atoms with van der Waals surface area (Å²) >= 11 is 0. The Hall–Kier alpha value is -3.16. The monoisotopic (exact) mass is 477 g/mol. The number of carbonyl (C=O) groups is 1. The van der Waals surface area contributed by atoms with Crippen LogP contribution in [0.3, 0.4) is 0 Å². The van der Waals surface area contributed by atoms with Crippen LogP contribution in [0, 0.1) is 11.3 Å². The number of nitrogens with zero attached hydrogens (tertiary/aromatic N) is 1. The van der Waals surface area contributed by atoms with Gasteiger partial charge in [0.05, 0.1) is 6.61 Å². The van der Waals surface area contributed by atoms with Gasteiger partial charge >= 0.3 is 7.12 Å². The Kier molecular flexibility index (Phi) is 10.8. The molecule has 0 bridgehead atoms. The van der Waals surface area contributed by atoms with Gasteiger partial charge in [-0.1, -0.05) is 42.5 Å². The zero-order valence-electron chi connectivity index (χ0n) is 19.7. The number of hydrogen-bond donors (Lipinski definition) is 4. The van der Waals surface area contributed by atoms with Crippen molar-refractivity contribution in [1.82, 2.24) is 10.6 Å². The van der Waals surface area contributed by atoms with Gasteiger partial charge in [0, 0.05) is 25.2 Å². The number of hydrogen-bond acceptors (Lipinski definition) is 7. The van der Waals surface area contributed by atoms with Crippen LogP contribution in [0.15, 0.2) is 60.2 Å². The Labute approximate surface area is 206 Å². The predicted molar refractivity (Wildman–Crippen MR) is 134 cm³/mol. The van der Waals surface area contributed by atoms with Crippen LogP contribution in [0.25, 0.3) is 6.08 Å². The summed E-state index contributed by atoms with van der Waals surface area (Å²) in [5.74, 6) is -0.223. The van der Waals surface area contributed by atoms with Gasteiger partial charge in [-0.05, 0) is 61.6 Å². The summed E-state index contributed by atoms with van der Waals surface area (Å²) in [6.07, 6.45) is 4.21. The number of nitrogens with one attached hydrogen (secondary N) is 2. The Morgan fingerprint density at radius 3 is 2.69 bits per heavy atom. The smallest absolute Gasteiger partial charge is 0.469 e. The van der Waals surface area contributed by atoms with E-state index in [4.69, 9.17) is 9.47 Å². The molecule has 1 aliphatic rings. The molecule has 0 unspecified atom stereocenters. The number of carbonyl (C=O) groups excluding carboxylic acids is 1. The fraction of sp³-hybridized carbons (Fsp3) is 0.385. The van der Waals surface area contributed by atoms with Crippen molar-refractivity contribution in [1.29, 1.82) is 5.26 Å². The van der Waals surface area contributed by atoms with Gasteiger partial charge in [0.2, 0.25) is 0 Å². The second kappa shape index (κ2) is 14.3. The molecule has 0 aliphatic carbocycles. The van der Waals surface area contributed by atoms with Gasteiger partial charge in [0.1, 0.15) is 17.4 Å². The Balaban J connectivity index is 1.46. The minimum Gasteiger partial charge on any atom is -0.494 e. The van der Waals surface area contributed by atoms with Crippen LogP contribution in [0.4, 0.5) is 0 Å². The molecule has 1 saturated heterocycles. The first kappa shape index (κ1) is 26.4. The predicted octanol–water partition coefficient (Wildman–Crippen LogP) is 1.87. The molecule has 0 spiro atoms. The normalized spacial score (nSPS) is 15.2. The van der Waals surface area contributed by atoms with E-state index in [1.54, 1.807) is 12.1 Å². The molecule has 1 fully saturated rings. The minimum atomic E-state index is -1.46. The summed E-state index contributed by atoms with van der Waals surface area (Å²) < 4.78 is 11.1.